The number of thiophene rings is 1. The first-order chi connectivity index (χ1) is 16.9. The molecule has 1 N–H and O–H groups in total. The molecule has 2 aliphatic rings. The fraction of sp³-hybridized carbons (Fsp3) is 0.462. The Labute approximate surface area is 213 Å². The number of hydrogen-bond acceptors (Lipinski definition) is 7. The minimum absolute atomic E-state index is 0.0723. The molecule has 7 nitrogen and oxygen atoms in total. The molecule has 5 rings (SSSR count). The fourth-order valence-electron chi connectivity index (χ4n) is 4.96. The molecular formula is C26H29ClN4O3S. The van der Waals surface area contributed by atoms with Crippen LogP contribution in [-0.2, 0) is 16.0 Å². The molecule has 0 spiro atoms. The van der Waals surface area contributed by atoms with E-state index >= 15 is 0 Å². The Balaban J connectivity index is 1.57. The van der Waals surface area contributed by atoms with Gasteiger partial charge in [-0.3, -0.25) is 14.4 Å². The molecule has 2 aromatic heterocycles. The van der Waals surface area contributed by atoms with Crippen molar-refractivity contribution < 1.29 is 14.6 Å². The monoisotopic (exact) mass is 512 g/mol. The zero-order chi connectivity index (χ0) is 24.7. The van der Waals surface area contributed by atoms with Crippen LogP contribution in [0.3, 0.4) is 0 Å². The average Bonchev–Trinajstić information content (AvgIpc) is 3.33. The third-order valence-corrected chi connectivity index (χ3v) is 8.51. The first-order valence-electron chi connectivity index (χ1n) is 12.1. The summed E-state index contributed by atoms with van der Waals surface area (Å²) in [5.41, 5.74) is 4.00. The molecule has 1 aliphatic heterocycles. The molecule has 1 aromatic carbocycles. The van der Waals surface area contributed by atoms with Crippen molar-refractivity contribution in [1.29, 1.82) is 0 Å². The summed E-state index contributed by atoms with van der Waals surface area (Å²) in [6, 6.07) is 7.12. The Bertz CT molecular complexity index is 1270. The van der Waals surface area contributed by atoms with Crippen molar-refractivity contribution in [3.8, 4) is 5.00 Å². The van der Waals surface area contributed by atoms with Crippen molar-refractivity contribution in [1.82, 2.24) is 14.8 Å². The minimum atomic E-state index is -0.535. The first kappa shape index (κ1) is 24.2. The van der Waals surface area contributed by atoms with Crippen molar-refractivity contribution in [2.75, 3.05) is 0 Å². The minimum Gasteiger partial charge on any atom is -0.462 e. The predicted octanol–water partition coefficient (Wildman–Crippen LogP) is 5.29. The summed E-state index contributed by atoms with van der Waals surface area (Å²) < 4.78 is 7.84. The van der Waals surface area contributed by atoms with Gasteiger partial charge in [0.05, 0.1) is 18.2 Å². The van der Waals surface area contributed by atoms with Gasteiger partial charge in [0, 0.05) is 21.0 Å². The van der Waals surface area contributed by atoms with Gasteiger partial charge >= 0.3 is 5.97 Å². The maximum absolute atomic E-state index is 13.0. The third kappa shape index (κ3) is 4.67. The quantitative estimate of drug-likeness (QED) is 0.469. The van der Waals surface area contributed by atoms with Gasteiger partial charge in [-0.2, -0.15) is 0 Å². The highest BCUT2D eigenvalue weighted by molar-refractivity contribution is 7.15. The van der Waals surface area contributed by atoms with E-state index in [0.717, 1.165) is 34.1 Å². The van der Waals surface area contributed by atoms with Crippen LogP contribution in [0.2, 0.25) is 5.02 Å². The molecule has 3 heterocycles. The maximum Gasteiger partial charge on any atom is 0.308 e. The number of aryl methyl sites for hydroxylation is 2. The zero-order valence-corrected chi connectivity index (χ0v) is 21.7. The molecule has 1 saturated carbocycles. The Morgan fingerprint density at radius 3 is 2.57 bits per heavy atom. The van der Waals surface area contributed by atoms with Crippen LogP contribution >= 0.6 is 22.9 Å². The second kappa shape index (κ2) is 9.84. The summed E-state index contributed by atoms with van der Waals surface area (Å²) in [5.74, 6) is 1.10. The Morgan fingerprint density at radius 1 is 1.17 bits per heavy atom. The second-order valence-electron chi connectivity index (χ2n) is 9.25. The molecule has 184 valence electrons. The lowest BCUT2D eigenvalue weighted by Gasteiger charge is -2.25. The molecule has 0 saturated heterocycles. The number of fused-ring (bicyclic) bond motifs is 3. The number of rotatable bonds is 5. The van der Waals surface area contributed by atoms with Gasteiger partial charge in [-0.25, -0.2) is 0 Å². The molecule has 3 aromatic rings. The lowest BCUT2D eigenvalue weighted by molar-refractivity contribution is -0.152. The number of aromatic nitrogens is 3. The number of aliphatic imine (C=N–C) groups is 1. The van der Waals surface area contributed by atoms with Crippen LogP contribution < -0.4 is 0 Å². The van der Waals surface area contributed by atoms with Crippen LogP contribution in [0.4, 0.5) is 0 Å². The standard InChI is InChI=1S/C26H29ClN4O3S/c1-4-21-14(2)23-24(16-5-7-17(27)8-6-16)28-20(25-30-29-15(3)31(25)26(23)35-21)13-22(33)34-19-11-9-18(32)10-12-19/h5-8,18-20,32H,4,9-13H2,1-3H3/t18?,19?,20-/m0/s1. The lowest BCUT2D eigenvalue weighted by Crippen LogP contribution is -2.27. The number of carbonyl (C=O) groups excluding carboxylic acids is 1. The summed E-state index contributed by atoms with van der Waals surface area (Å²) in [4.78, 5) is 19.5. The van der Waals surface area contributed by atoms with Gasteiger partial charge in [-0.05, 0) is 63.6 Å². The molecule has 1 fully saturated rings. The van der Waals surface area contributed by atoms with Crippen LogP contribution in [0.1, 0.15) is 78.3 Å². The van der Waals surface area contributed by atoms with E-state index in [-0.39, 0.29) is 24.6 Å². The molecule has 0 radical (unpaired) electrons. The molecule has 1 atom stereocenters. The predicted molar refractivity (Wildman–Crippen MR) is 137 cm³/mol. The van der Waals surface area contributed by atoms with Gasteiger partial charge in [0.25, 0.3) is 0 Å². The van der Waals surface area contributed by atoms with Crippen LogP contribution in [0, 0.1) is 13.8 Å². The third-order valence-electron chi connectivity index (χ3n) is 6.84. The van der Waals surface area contributed by atoms with Crippen LogP contribution in [0.15, 0.2) is 29.3 Å². The van der Waals surface area contributed by atoms with Gasteiger partial charge in [-0.15, -0.1) is 21.5 Å². The molecule has 0 amide bonds. The zero-order valence-electron chi connectivity index (χ0n) is 20.1. The number of hydrogen-bond donors (Lipinski definition) is 1. The van der Waals surface area contributed by atoms with E-state index in [1.165, 1.54) is 10.4 Å². The molecule has 0 unspecified atom stereocenters. The van der Waals surface area contributed by atoms with E-state index in [1.54, 1.807) is 11.3 Å². The summed E-state index contributed by atoms with van der Waals surface area (Å²) in [7, 11) is 0. The van der Waals surface area contributed by atoms with Crippen molar-refractivity contribution in [2.45, 2.75) is 77.5 Å². The highest BCUT2D eigenvalue weighted by atomic mass is 35.5. The van der Waals surface area contributed by atoms with Gasteiger partial charge in [0.2, 0.25) is 0 Å². The molecule has 0 bridgehead atoms. The highest BCUT2D eigenvalue weighted by Gasteiger charge is 2.33. The van der Waals surface area contributed by atoms with Crippen LogP contribution in [0.25, 0.3) is 5.00 Å². The Morgan fingerprint density at radius 2 is 1.89 bits per heavy atom. The fourth-order valence-corrected chi connectivity index (χ4v) is 6.39. The number of aliphatic hydroxyl groups is 1. The van der Waals surface area contributed by atoms with E-state index in [2.05, 4.69) is 24.0 Å². The molecule has 9 heteroatoms. The van der Waals surface area contributed by atoms with Crippen LogP contribution in [0.5, 0.6) is 0 Å². The number of benzene rings is 1. The topological polar surface area (TPSA) is 89.6 Å². The lowest BCUT2D eigenvalue weighted by atomic mass is 9.95. The van der Waals surface area contributed by atoms with Gasteiger partial charge < -0.3 is 9.84 Å². The molecule has 35 heavy (non-hydrogen) atoms. The summed E-state index contributed by atoms with van der Waals surface area (Å²) in [5, 5.41) is 20.3. The van der Waals surface area contributed by atoms with Crippen molar-refractivity contribution in [3.05, 3.63) is 62.5 Å². The van der Waals surface area contributed by atoms with Gasteiger partial charge in [0.15, 0.2) is 5.82 Å². The second-order valence-corrected chi connectivity index (χ2v) is 10.8. The van der Waals surface area contributed by atoms with E-state index in [4.69, 9.17) is 21.3 Å². The molecular weight excluding hydrogens is 484 g/mol. The van der Waals surface area contributed by atoms with Crippen molar-refractivity contribution in [3.63, 3.8) is 0 Å². The number of nitrogens with zero attached hydrogens (tertiary/aromatic N) is 4. The maximum atomic E-state index is 13.0. The van der Waals surface area contributed by atoms with E-state index in [0.29, 0.717) is 36.5 Å². The molecule has 1 aliphatic carbocycles. The SMILES string of the molecule is CCc1sc2c(c1C)C(c1ccc(Cl)cc1)=N[C@@H](CC(=O)OC1CCC(O)CC1)c1nnc(C)n1-2. The number of aliphatic hydroxyl groups excluding tert-OH is 1. The number of halogens is 1. The number of ether oxygens (including phenoxy) is 1. The summed E-state index contributed by atoms with van der Waals surface area (Å²) in [6.45, 7) is 6.21. The number of esters is 1. The smallest absolute Gasteiger partial charge is 0.308 e. The van der Waals surface area contributed by atoms with Crippen molar-refractivity contribution in [2.24, 2.45) is 4.99 Å². The van der Waals surface area contributed by atoms with Crippen molar-refractivity contribution >= 4 is 34.6 Å². The highest BCUT2D eigenvalue weighted by Crippen LogP contribution is 2.40. The largest absolute Gasteiger partial charge is 0.462 e. The Kier molecular flexibility index (Phi) is 6.79. The van der Waals surface area contributed by atoms with Gasteiger partial charge in [-0.1, -0.05) is 30.7 Å². The van der Waals surface area contributed by atoms with E-state index in [9.17, 15) is 9.90 Å². The van der Waals surface area contributed by atoms with E-state index < -0.39 is 6.04 Å². The average molecular weight is 513 g/mol. The Hall–Kier alpha value is -2.55. The normalized spacial score (nSPS) is 21.6. The van der Waals surface area contributed by atoms with Gasteiger partial charge in [0.1, 0.15) is 23.0 Å². The van der Waals surface area contributed by atoms with E-state index in [1.807, 2.05) is 35.8 Å². The number of carbonyl (C=O) groups is 1. The summed E-state index contributed by atoms with van der Waals surface area (Å²) in [6.07, 6.45) is 3.22. The summed E-state index contributed by atoms with van der Waals surface area (Å²) >= 11 is 7.90. The first-order valence-corrected chi connectivity index (χ1v) is 13.3. The van der Waals surface area contributed by atoms with Crippen LogP contribution in [-0.4, -0.2) is 43.8 Å².